The first-order valence-electron chi connectivity index (χ1n) is 8.06. The predicted molar refractivity (Wildman–Crippen MR) is 87.5 cm³/mol. The Bertz CT molecular complexity index is 479. The molecule has 2 N–H and O–H groups in total. The number of amides is 1. The third-order valence-corrected chi connectivity index (χ3v) is 4.04. The highest BCUT2D eigenvalue weighted by atomic mass is 16.5. The molecule has 0 aliphatic carbocycles. The topological polar surface area (TPSA) is 53.6 Å². The van der Waals surface area contributed by atoms with Gasteiger partial charge < -0.3 is 15.4 Å². The van der Waals surface area contributed by atoms with Gasteiger partial charge in [0.25, 0.3) is 0 Å². The van der Waals surface area contributed by atoms with Crippen molar-refractivity contribution in [1.29, 1.82) is 0 Å². The van der Waals surface area contributed by atoms with E-state index in [1.54, 1.807) is 0 Å². The third-order valence-electron chi connectivity index (χ3n) is 4.04. The number of hydrogen-bond acceptors (Lipinski definition) is 4. The van der Waals surface area contributed by atoms with Gasteiger partial charge in [0.05, 0.1) is 13.2 Å². The molecular weight excluding hydrogens is 278 g/mol. The zero-order valence-electron chi connectivity index (χ0n) is 13.6. The van der Waals surface area contributed by atoms with E-state index < -0.39 is 0 Å². The van der Waals surface area contributed by atoms with Crippen LogP contribution >= 0.6 is 0 Å². The van der Waals surface area contributed by atoms with Gasteiger partial charge in [0.2, 0.25) is 5.91 Å². The maximum absolute atomic E-state index is 12.2. The first kappa shape index (κ1) is 16.9. The van der Waals surface area contributed by atoms with Crippen molar-refractivity contribution in [2.24, 2.45) is 0 Å². The van der Waals surface area contributed by atoms with Crippen LogP contribution in [-0.2, 0) is 22.7 Å². The fourth-order valence-electron chi connectivity index (χ4n) is 2.63. The van der Waals surface area contributed by atoms with E-state index in [0.717, 1.165) is 30.8 Å². The molecule has 1 aromatic rings. The van der Waals surface area contributed by atoms with Crippen molar-refractivity contribution in [3.8, 4) is 0 Å². The summed E-state index contributed by atoms with van der Waals surface area (Å²) in [7, 11) is 0. The van der Waals surface area contributed by atoms with E-state index >= 15 is 0 Å². The van der Waals surface area contributed by atoms with Gasteiger partial charge in [-0.2, -0.15) is 0 Å². The summed E-state index contributed by atoms with van der Waals surface area (Å²) in [6.45, 7) is 9.28. The molecule has 5 heteroatoms. The highest BCUT2D eigenvalue weighted by Gasteiger charge is 2.20. The Kier molecular flexibility index (Phi) is 6.83. The second-order valence-electron chi connectivity index (χ2n) is 5.71. The Morgan fingerprint density at radius 1 is 1.41 bits per heavy atom. The van der Waals surface area contributed by atoms with Crippen molar-refractivity contribution >= 4 is 5.91 Å². The molecule has 22 heavy (non-hydrogen) atoms. The monoisotopic (exact) mass is 305 g/mol. The molecule has 2 rings (SSSR count). The molecule has 0 bridgehead atoms. The van der Waals surface area contributed by atoms with Gasteiger partial charge in [-0.25, -0.2) is 0 Å². The molecule has 1 atom stereocenters. The molecule has 1 amide bonds. The van der Waals surface area contributed by atoms with Gasteiger partial charge in [-0.3, -0.25) is 9.69 Å². The highest BCUT2D eigenvalue weighted by Crippen LogP contribution is 2.10. The number of benzene rings is 1. The zero-order chi connectivity index (χ0) is 15.8. The fraction of sp³-hybridized carbons (Fsp3) is 0.588. The number of nitrogens with zero attached hydrogens (tertiary/aromatic N) is 1. The maximum Gasteiger partial charge on any atom is 0.234 e. The lowest BCUT2D eigenvalue weighted by molar-refractivity contribution is -0.123. The Morgan fingerprint density at radius 3 is 2.91 bits per heavy atom. The first-order chi connectivity index (χ1) is 10.7. The van der Waals surface area contributed by atoms with Crippen LogP contribution in [0.2, 0.25) is 0 Å². The smallest absolute Gasteiger partial charge is 0.234 e. The number of carbonyl (C=O) groups excluding carboxylic acids is 1. The molecule has 1 saturated heterocycles. The molecule has 1 aromatic carbocycles. The highest BCUT2D eigenvalue weighted by molar-refractivity contribution is 5.78. The van der Waals surface area contributed by atoms with Crippen molar-refractivity contribution < 1.29 is 9.53 Å². The molecule has 1 aliphatic heterocycles. The minimum atomic E-state index is 0.0833. The van der Waals surface area contributed by atoms with E-state index in [1.165, 1.54) is 0 Å². The van der Waals surface area contributed by atoms with Gasteiger partial charge in [0.1, 0.15) is 0 Å². The van der Waals surface area contributed by atoms with Crippen LogP contribution in [0.25, 0.3) is 0 Å². The summed E-state index contributed by atoms with van der Waals surface area (Å²) in [5.74, 6) is 0.0833. The average Bonchev–Trinajstić information content (AvgIpc) is 2.54. The zero-order valence-corrected chi connectivity index (χ0v) is 13.6. The summed E-state index contributed by atoms with van der Waals surface area (Å²) in [5, 5.41) is 6.36. The fourth-order valence-corrected chi connectivity index (χ4v) is 2.63. The third kappa shape index (κ3) is 5.09. The van der Waals surface area contributed by atoms with Crippen molar-refractivity contribution in [3.63, 3.8) is 0 Å². The largest absolute Gasteiger partial charge is 0.377 e. The van der Waals surface area contributed by atoms with Crippen molar-refractivity contribution in [1.82, 2.24) is 15.5 Å². The Labute approximate surface area is 133 Å². The van der Waals surface area contributed by atoms with E-state index in [-0.39, 0.29) is 5.91 Å². The second-order valence-corrected chi connectivity index (χ2v) is 5.71. The summed E-state index contributed by atoms with van der Waals surface area (Å²) in [5.41, 5.74) is 2.26. The number of rotatable bonds is 7. The summed E-state index contributed by atoms with van der Waals surface area (Å²) >= 11 is 0. The molecule has 1 aliphatic rings. The van der Waals surface area contributed by atoms with Crippen LogP contribution in [0.1, 0.15) is 25.0 Å². The predicted octanol–water partition coefficient (Wildman–Crippen LogP) is 1.13. The first-order valence-corrected chi connectivity index (χ1v) is 8.06. The number of hydrogen-bond donors (Lipinski definition) is 2. The number of ether oxygens (including phenoxy) is 1. The Hall–Kier alpha value is -1.43. The van der Waals surface area contributed by atoms with Crippen molar-refractivity contribution in [3.05, 3.63) is 35.4 Å². The Morgan fingerprint density at radius 2 is 2.18 bits per heavy atom. The molecule has 0 unspecified atom stereocenters. The molecule has 0 radical (unpaired) electrons. The summed E-state index contributed by atoms with van der Waals surface area (Å²) in [4.78, 5) is 14.4. The molecule has 1 heterocycles. The van der Waals surface area contributed by atoms with Crippen molar-refractivity contribution in [2.75, 3.05) is 32.8 Å². The number of piperazine rings is 1. The van der Waals surface area contributed by atoms with Gasteiger partial charge >= 0.3 is 0 Å². The second kappa shape index (κ2) is 8.88. The van der Waals surface area contributed by atoms with E-state index in [0.29, 0.717) is 32.3 Å². The molecule has 122 valence electrons. The van der Waals surface area contributed by atoms with Crippen LogP contribution in [-0.4, -0.2) is 49.6 Å². The summed E-state index contributed by atoms with van der Waals surface area (Å²) < 4.78 is 5.47. The lowest BCUT2D eigenvalue weighted by Gasteiger charge is -2.33. The molecule has 5 nitrogen and oxygen atoms in total. The molecule has 0 spiro atoms. The van der Waals surface area contributed by atoms with E-state index in [9.17, 15) is 4.79 Å². The van der Waals surface area contributed by atoms with Crippen LogP contribution in [0, 0.1) is 0 Å². The minimum Gasteiger partial charge on any atom is -0.377 e. The number of nitrogens with one attached hydrogen (secondary N) is 2. The molecular formula is C17H27N3O2. The molecule has 1 fully saturated rings. The lowest BCUT2D eigenvalue weighted by atomic mass is 10.1. The van der Waals surface area contributed by atoms with E-state index in [1.807, 2.05) is 25.1 Å². The molecule has 0 aromatic heterocycles. The maximum atomic E-state index is 12.2. The van der Waals surface area contributed by atoms with Gasteiger partial charge in [0, 0.05) is 38.8 Å². The van der Waals surface area contributed by atoms with Gasteiger partial charge in [-0.15, -0.1) is 0 Å². The number of carbonyl (C=O) groups is 1. The van der Waals surface area contributed by atoms with Crippen molar-refractivity contribution in [2.45, 2.75) is 33.0 Å². The van der Waals surface area contributed by atoms with Gasteiger partial charge in [-0.1, -0.05) is 24.3 Å². The van der Waals surface area contributed by atoms with E-state index in [4.69, 9.17) is 4.74 Å². The van der Waals surface area contributed by atoms with Crippen LogP contribution in [0.3, 0.4) is 0 Å². The normalized spacial score (nSPS) is 19.1. The SMILES string of the molecule is CCOCc1ccccc1CNC(=O)CN1CCNC[C@@H]1C. The minimum absolute atomic E-state index is 0.0833. The summed E-state index contributed by atoms with van der Waals surface area (Å²) in [6, 6.07) is 8.50. The Balaban J connectivity index is 1.83. The van der Waals surface area contributed by atoms with Crippen LogP contribution in [0.5, 0.6) is 0 Å². The summed E-state index contributed by atoms with van der Waals surface area (Å²) in [6.07, 6.45) is 0. The van der Waals surface area contributed by atoms with Gasteiger partial charge in [-0.05, 0) is 25.0 Å². The quantitative estimate of drug-likeness (QED) is 0.793. The van der Waals surface area contributed by atoms with Gasteiger partial charge in [0.15, 0.2) is 0 Å². The van der Waals surface area contributed by atoms with Crippen LogP contribution < -0.4 is 10.6 Å². The van der Waals surface area contributed by atoms with E-state index in [2.05, 4.69) is 28.5 Å². The standard InChI is InChI=1S/C17H27N3O2/c1-3-22-13-16-7-5-4-6-15(16)11-19-17(21)12-20-9-8-18-10-14(20)2/h4-7,14,18H,3,8-13H2,1-2H3,(H,19,21)/t14-/m0/s1. The van der Waals surface area contributed by atoms with Crippen LogP contribution in [0.4, 0.5) is 0 Å². The molecule has 0 saturated carbocycles. The average molecular weight is 305 g/mol. The van der Waals surface area contributed by atoms with Crippen LogP contribution in [0.15, 0.2) is 24.3 Å². The lowest BCUT2D eigenvalue weighted by Crippen LogP contribution is -2.52.